The van der Waals surface area contributed by atoms with Crippen molar-refractivity contribution in [1.82, 2.24) is 10.6 Å². The molecule has 2 fully saturated rings. The molecule has 0 aromatic heterocycles. The monoisotopic (exact) mass is 501 g/mol. The fraction of sp³-hybridized carbons (Fsp3) is 0.682. The van der Waals surface area contributed by atoms with E-state index in [0.29, 0.717) is 18.1 Å². The van der Waals surface area contributed by atoms with E-state index in [1.165, 1.54) is 5.56 Å². The van der Waals surface area contributed by atoms with E-state index in [1.807, 2.05) is 12.1 Å². The molecule has 1 saturated carbocycles. The lowest BCUT2D eigenvalue weighted by molar-refractivity contribution is -0.106. The number of fused-ring (bicyclic) bond motifs is 1. The number of benzene rings is 1. The topological polar surface area (TPSA) is 54.9 Å². The van der Waals surface area contributed by atoms with Crippen molar-refractivity contribution in [3.05, 3.63) is 29.8 Å². The van der Waals surface area contributed by atoms with E-state index in [9.17, 15) is 0 Å². The second kappa shape index (κ2) is 10.7. The number of aryl methyl sites for hydroxylation is 1. The van der Waals surface area contributed by atoms with Crippen molar-refractivity contribution in [2.75, 3.05) is 26.8 Å². The first kappa shape index (κ1) is 23.3. The Morgan fingerprint density at radius 2 is 2.00 bits per heavy atom. The Morgan fingerprint density at radius 3 is 2.68 bits per heavy atom. The first-order chi connectivity index (χ1) is 13.1. The molecule has 2 aliphatic rings. The second-order valence-corrected chi connectivity index (χ2v) is 8.25. The average Bonchev–Trinajstić information content (AvgIpc) is 3.13. The van der Waals surface area contributed by atoms with Crippen LogP contribution in [0.2, 0.25) is 0 Å². The summed E-state index contributed by atoms with van der Waals surface area (Å²) in [6, 6.07) is 8.79. The number of aliphatic imine (C=N–C) groups is 1. The van der Waals surface area contributed by atoms with Crippen LogP contribution in [0.4, 0.5) is 0 Å². The molecule has 1 heterocycles. The number of guanidine groups is 1. The number of halogens is 1. The van der Waals surface area contributed by atoms with Crippen LogP contribution in [0, 0.1) is 11.3 Å². The third-order valence-corrected chi connectivity index (χ3v) is 6.04. The van der Waals surface area contributed by atoms with Crippen molar-refractivity contribution < 1.29 is 9.47 Å². The summed E-state index contributed by atoms with van der Waals surface area (Å²) in [7, 11) is 1.70. The van der Waals surface area contributed by atoms with Crippen molar-refractivity contribution in [3.63, 3.8) is 0 Å². The fourth-order valence-corrected chi connectivity index (χ4v) is 4.51. The maximum absolute atomic E-state index is 5.90. The number of hydrogen-bond acceptors (Lipinski definition) is 3. The Balaban J connectivity index is 0.00000280. The van der Waals surface area contributed by atoms with Gasteiger partial charge < -0.3 is 20.1 Å². The molecular formula is C22H36IN3O2. The molecule has 1 aromatic rings. The molecule has 6 heteroatoms. The predicted molar refractivity (Wildman–Crippen MR) is 126 cm³/mol. The summed E-state index contributed by atoms with van der Waals surface area (Å²) >= 11 is 0. The summed E-state index contributed by atoms with van der Waals surface area (Å²) in [4.78, 5) is 4.81. The van der Waals surface area contributed by atoms with E-state index in [4.69, 9.17) is 14.5 Å². The molecular weight excluding hydrogens is 465 g/mol. The van der Waals surface area contributed by atoms with Gasteiger partial charge in [0.15, 0.2) is 5.96 Å². The van der Waals surface area contributed by atoms with Crippen LogP contribution in [0.1, 0.15) is 45.6 Å². The lowest BCUT2D eigenvalue weighted by Gasteiger charge is -2.54. The van der Waals surface area contributed by atoms with Gasteiger partial charge in [0.1, 0.15) is 5.75 Å². The number of nitrogens with zero attached hydrogens (tertiary/aromatic N) is 1. The molecule has 28 heavy (non-hydrogen) atoms. The highest BCUT2D eigenvalue weighted by Gasteiger charge is 2.59. The summed E-state index contributed by atoms with van der Waals surface area (Å²) in [5, 5.41) is 7.09. The molecule has 3 atom stereocenters. The minimum Gasteiger partial charge on any atom is -0.497 e. The summed E-state index contributed by atoms with van der Waals surface area (Å²) in [5.41, 5.74) is 1.53. The molecule has 1 aliphatic heterocycles. The lowest BCUT2D eigenvalue weighted by Crippen LogP contribution is -2.67. The highest BCUT2D eigenvalue weighted by molar-refractivity contribution is 14.0. The van der Waals surface area contributed by atoms with Crippen LogP contribution in [0.3, 0.4) is 0 Å². The van der Waals surface area contributed by atoms with Gasteiger partial charge in [-0.1, -0.05) is 26.0 Å². The second-order valence-electron chi connectivity index (χ2n) is 8.25. The van der Waals surface area contributed by atoms with E-state index in [0.717, 1.165) is 57.1 Å². The molecule has 0 amide bonds. The number of ether oxygens (including phenoxy) is 2. The van der Waals surface area contributed by atoms with Gasteiger partial charge in [-0.05, 0) is 50.3 Å². The molecule has 158 valence electrons. The Morgan fingerprint density at radius 1 is 1.25 bits per heavy atom. The van der Waals surface area contributed by atoms with Crippen molar-refractivity contribution in [2.24, 2.45) is 16.3 Å². The number of hydrogen-bond donors (Lipinski definition) is 2. The Bertz CT molecular complexity index is 633. The minimum absolute atomic E-state index is 0. The lowest BCUT2D eigenvalue weighted by atomic mass is 9.57. The molecule has 1 aromatic carbocycles. The predicted octanol–water partition coefficient (Wildman–Crippen LogP) is 4.00. The highest BCUT2D eigenvalue weighted by atomic mass is 127. The van der Waals surface area contributed by atoms with E-state index in [1.54, 1.807) is 7.11 Å². The number of methoxy groups -OCH3 is 1. The van der Waals surface area contributed by atoms with E-state index >= 15 is 0 Å². The van der Waals surface area contributed by atoms with Crippen LogP contribution in [-0.4, -0.2) is 44.9 Å². The van der Waals surface area contributed by atoms with Gasteiger partial charge in [-0.3, -0.25) is 4.99 Å². The van der Waals surface area contributed by atoms with Crippen LogP contribution in [-0.2, 0) is 11.2 Å². The number of nitrogens with one attached hydrogen (secondary N) is 2. The zero-order valence-electron chi connectivity index (χ0n) is 17.7. The first-order valence-corrected chi connectivity index (χ1v) is 10.4. The summed E-state index contributed by atoms with van der Waals surface area (Å²) in [6.45, 7) is 9.36. The van der Waals surface area contributed by atoms with Crippen molar-refractivity contribution in [1.29, 1.82) is 0 Å². The van der Waals surface area contributed by atoms with Crippen LogP contribution in [0.5, 0.6) is 5.75 Å². The number of unbranched alkanes of at least 4 members (excludes halogenated alkanes) is 1. The van der Waals surface area contributed by atoms with Crippen LogP contribution >= 0.6 is 24.0 Å². The normalized spacial score (nSPS) is 25.3. The molecule has 0 radical (unpaired) electrons. The Hall–Kier alpha value is -1.02. The largest absolute Gasteiger partial charge is 0.497 e. The highest BCUT2D eigenvalue weighted by Crippen LogP contribution is 2.52. The van der Waals surface area contributed by atoms with Gasteiger partial charge in [0.25, 0.3) is 0 Å². The van der Waals surface area contributed by atoms with Crippen molar-refractivity contribution in [2.45, 2.75) is 58.6 Å². The molecule has 2 N–H and O–H groups in total. The standard InChI is InChI=1S/C22H35N3O2.HI/c1-5-23-21(25-19-18-13-15-27-20(18)22(19,2)3)24-14-7-6-8-16-9-11-17(26-4)12-10-16;/h9-12,18-20H,5-8,13-15H2,1-4H3,(H2,23,24,25);1H. The van der Waals surface area contributed by atoms with Gasteiger partial charge in [-0.2, -0.15) is 0 Å². The maximum atomic E-state index is 5.90. The van der Waals surface area contributed by atoms with Crippen LogP contribution in [0.25, 0.3) is 0 Å². The van der Waals surface area contributed by atoms with Gasteiger partial charge >= 0.3 is 0 Å². The van der Waals surface area contributed by atoms with Gasteiger partial charge in [0, 0.05) is 37.1 Å². The van der Waals surface area contributed by atoms with Crippen LogP contribution < -0.4 is 15.4 Å². The van der Waals surface area contributed by atoms with E-state index < -0.39 is 0 Å². The molecule has 1 saturated heterocycles. The minimum atomic E-state index is 0. The molecule has 1 aliphatic carbocycles. The van der Waals surface area contributed by atoms with Crippen LogP contribution in [0.15, 0.2) is 29.3 Å². The van der Waals surface area contributed by atoms with Crippen molar-refractivity contribution >= 4 is 29.9 Å². The first-order valence-electron chi connectivity index (χ1n) is 10.4. The van der Waals surface area contributed by atoms with Gasteiger partial charge in [0.05, 0.1) is 13.2 Å². The summed E-state index contributed by atoms with van der Waals surface area (Å²) in [6.07, 6.45) is 4.88. The molecule has 3 rings (SSSR count). The molecule has 0 spiro atoms. The fourth-order valence-electron chi connectivity index (χ4n) is 4.51. The summed E-state index contributed by atoms with van der Waals surface area (Å²) in [5.74, 6) is 2.49. The third kappa shape index (κ3) is 5.32. The smallest absolute Gasteiger partial charge is 0.191 e. The van der Waals surface area contributed by atoms with E-state index in [2.05, 4.69) is 43.5 Å². The Kier molecular flexibility index (Phi) is 8.86. The van der Waals surface area contributed by atoms with Gasteiger partial charge in [0.2, 0.25) is 0 Å². The maximum Gasteiger partial charge on any atom is 0.191 e. The molecule has 5 nitrogen and oxygen atoms in total. The summed E-state index contributed by atoms with van der Waals surface area (Å²) < 4.78 is 11.1. The zero-order valence-corrected chi connectivity index (χ0v) is 20.0. The average molecular weight is 501 g/mol. The Labute approximate surface area is 187 Å². The van der Waals surface area contributed by atoms with Crippen molar-refractivity contribution in [3.8, 4) is 5.75 Å². The molecule has 0 bridgehead atoms. The molecule has 3 unspecified atom stereocenters. The van der Waals surface area contributed by atoms with Gasteiger partial charge in [-0.15, -0.1) is 24.0 Å². The zero-order chi connectivity index (χ0) is 19.3. The quantitative estimate of drug-likeness (QED) is 0.245. The third-order valence-electron chi connectivity index (χ3n) is 6.04. The van der Waals surface area contributed by atoms with Gasteiger partial charge in [-0.25, -0.2) is 0 Å². The number of rotatable bonds is 8. The SMILES string of the molecule is CCNC(=NCCCCc1ccc(OC)cc1)NC1C2CCOC2C1(C)C.I. The van der Waals surface area contributed by atoms with E-state index in [-0.39, 0.29) is 29.4 Å².